The van der Waals surface area contributed by atoms with Gasteiger partial charge in [0.2, 0.25) is 5.91 Å². The van der Waals surface area contributed by atoms with Crippen molar-refractivity contribution in [3.8, 4) is 0 Å². The van der Waals surface area contributed by atoms with Crippen LogP contribution in [-0.2, 0) is 10.5 Å². The molecule has 0 unspecified atom stereocenters. The van der Waals surface area contributed by atoms with Crippen molar-refractivity contribution in [1.82, 2.24) is 5.32 Å². The Morgan fingerprint density at radius 2 is 1.80 bits per heavy atom. The molecular weight excluding hydrogens is 356 g/mol. The third-order valence-corrected chi connectivity index (χ3v) is 4.78. The number of hydrogen-bond acceptors (Lipinski definition) is 3. The Morgan fingerprint density at radius 3 is 2.56 bits per heavy atom. The minimum Gasteiger partial charge on any atom is -0.352 e. The minimum atomic E-state index is -0.179. The summed E-state index contributed by atoms with van der Waals surface area (Å²) in [5.41, 5.74) is 2.00. The van der Waals surface area contributed by atoms with E-state index in [0.29, 0.717) is 28.6 Å². The number of nitrogens with one attached hydrogen (secondary N) is 2. The number of rotatable bonds is 8. The van der Waals surface area contributed by atoms with Crippen LogP contribution in [0.15, 0.2) is 48.5 Å². The molecule has 0 aliphatic carbocycles. The molecule has 25 heavy (non-hydrogen) atoms. The van der Waals surface area contributed by atoms with Gasteiger partial charge in [-0.15, -0.1) is 11.8 Å². The summed E-state index contributed by atoms with van der Waals surface area (Å²) < 4.78 is 0. The Balaban J connectivity index is 1.90. The summed E-state index contributed by atoms with van der Waals surface area (Å²) in [6.07, 6.45) is 0.860. The molecule has 0 aliphatic rings. The number of thioether (sulfide) groups is 1. The topological polar surface area (TPSA) is 58.2 Å². The van der Waals surface area contributed by atoms with Crippen LogP contribution in [0.1, 0.15) is 29.3 Å². The van der Waals surface area contributed by atoms with Gasteiger partial charge in [-0.25, -0.2) is 0 Å². The van der Waals surface area contributed by atoms with Crippen LogP contribution >= 0.6 is 23.4 Å². The lowest BCUT2D eigenvalue weighted by molar-refractivity contribution is -0.113. The highest BCUT2D eigenvalue weighted by molar-refractivity contribution is 7.99. The van der Waals surface area contributed by atoms with Crippen molar-refractivity contribution >= 4 is 40.9 Å². The number of carbonyl (C=O) groups is 2. The lowest BCUT2D eigenvalue weighted by atomic mass is 10.1. The van der Waals surface area contributed by atoms with E-state index in [1.807, 2.05) is 31.2 Å². The molecule has 0 spiro atoms. The molecule has 0 bridgehead atoms. The van der Waals surface area contributed by atoms with Crippen molar-refractivity contribution in [3.05, 3.63) is 64.7 Å². The zero-order chi connectivity index (χ0) is 18.1. The molecular formula is C19H21ClN2O2S. The molecule has 0 saturated heterocycles. The zero-order valence-corrected chi connectivity index (χ0v) is 15.6. The SMILES string of the molecule is CCCNC(=O)c1ccccc1NC(=O)CSCc1ccccc1Cl. The van der Waals surface area contributed by atoms with Crippen LogP contribution in [0.25, 0.3) is 0 Å². The van der Waals surface area contributed by atoms with Crippen molar-refractivity contribution in [1.29, 1.82) is 0 Å². The second kappa shape index (κ2) is 10.1. The normalized spacial score (nSPS) is 10.3. The molecule has 2 aromatic carbocycles. The molecule has 4 nitrogen and oxygen atoms in total. The highest BCUT2D eigenvalue weighted by Gasteiger charge is 2.12. The first-order valence-corrected chi connectivity index (χ1v) is 9.63. The number of para-hydroxylation sites is 1. The molecule has 2 amide bonds. The first-order chi connectivity index (χ1) is 12.1. The molecule has 2 rings (SSSR count). The van der Waals surface area contributed by atoms with Crippen LogP contribution in [0.3, 0.4) is 0 Å². The van der Waals surface area contributed by atoms with Gasteiger partial charge in [0, 0.05) is 17.3 Å². The number of amides is 2. The highest BCUT2D eigenvalue weighted by Crippen LogP contribution is 2.21. The van der Waals surface area contributed by atoms with E-state index in [9.17, 15) is 9.59 Å². The van der Waals surface area contributed by atoms with Crippen molar-refractivity contribution in [2.24, 2.45) is 0 Å². The van der Waals surface area contributed by atoms with E-state index in [2.05, 4.69) is 10.6 Å². The van der Waals surface area contributed by atoms with Gasteiger partial charge >= 0.3 is 0 Å². The number of anilines is 1. The van der Waals surface area contributed by atoms with Crippen molar-refractivity contribution in [2.45, 2.75) is 19.1 Å². The Bertz CT molecular complexity index is 737. The molecule has 0 heterocycles. The fourth-order valence-electron chi connectivity index (χ4n) is 2.18. The summed E-state index contributed by atoms with van der Waals surface area (Å²) in [7, 11) is 0. The van der Waals surface area contributed by atoms with Crippen LogP contribution in [0, 0.1) is 0 Å². The molecule has 0 aromatic heterocycles. The van der Waals surface area contributed by atoms with Crippen LogP contribution in [0.5, 0.6) is 0 Å². The first kappa shape index (κ1) is 19.3. The van der Waals surface area contributed by atoms with E-state index in [1.165, 1.54) is 11.8 Å². The summed E-state index contributed by atoms with van der Waals surface area (Å²) in [6, 6.07) is 14.6. The average molecular weight is 377 g/mol. The van der Waals surface area contributed by atoms with Crippen molar-refractivity contribution < 1.29 is 9.59 Å². The van der Waals surface area contributed by atoms with Crippen LogP contribution in [0.4, 0.5) is 5.69 Å². The van der Waals surface area contributed by atoms with Crippen LogP contribution in [-0.4, -0.2) is 24.1 Å². The lowest BCUT2D eigenvalue weighted by Gasteiger charge is -2.11. The summed E-state index contributed by atoms with van der Waals surface area (Å²) in [5, 5.41) is 6.34. The standard InChI is InChI=1S/C19H21ClN2O2S/c1-2-11-21-19(24)15-8-4-6-10-17(15)22-18(23)13-25-12-14-7-3-5-9-16(14)20/h3-10H,2,11-13H2,1H3,(H,21,24)(H,22,23). The van der Waals surface area contributed by atoms with Crippen molar-refractivity contribution in [2.75, 3.05) is 17.6 Å². The number of benzene rings is 2. The maximum Gasteiger partial charge on any atom is 0.253 e. The van der Waals surface area contributed by atoms with Gasteiger partial charge in [-0.2, -0.15) is 0 Å². The van der Waals surface area contributed by atoms with Gasteiger partial charge in [0.1, 0.15) is 0 Å². The summed E-state index contributed by atoms with van der Waals surface area (Å²) in [5.74, 6) is 0.622. The summed E-state index contributed by atoms with van der Waals surface area (Å²) in [4.78, 5) is 24.3. The maximum absolute atomic E-state index is 12.2. The lowest BCUT2D eigenvalue weighted by Crippen LogP contribution is -2.26. The van der Waals surface area contributed by atoms with E-state index < -0.39 is 0 Å². The molecule has 2 N–H and O–H groups in total. The summed E-state index contributed by atoms with van der Waals surface area (Å²) in [6.45, 7) is 2.60. The van der Waals surface area contributed by atoms with E-state index in [4.69, 9.17) is 11.6 Å². The monoisotopic (exact) mass is 376 g/mol. The largest absolute Gasteiger partial charge is 0.352 e. The van der Waals surface area contributed by atoms with Gasteiger partial charge in [-0.3, -0.25) is 9.59 Å². The fourth-order valence-corrected chi connectivity index (χ4v) is 3.29. The smallest absolute Gasteiger partial charge is 0.253 e. The Hall–Kier alpha value is -1.98. The molecule has 0 radical (unpaired) electrons. The third-order valence-electron chi connectivity index (χ3n) is 3.43. The zero-order valence-electron chi connectivity index (χ0n) is 14.0. The molecule has 0 saturated carbocycles. The van der Waals surface area contributed by atoms with E-state index in [1.54, 1.807) is 24.3 Å². The van der Waals surface area contributed by atoms with Gasteiger partial charge in [0.15, 0.2) is 0 Å². The van der Waals surface area contributed by atoms with Gasteiger partial charge in [-0.1, -0.05) is 48.9 Å². The number of hydrogen-bond donors (Lipinski definition) is 2. The average Bonchev–Trinajstić information content (AvgIpc) is 2.62. The second-order valence-corrected chi connectivity index (χ2v) is 6.83. The number of halogens is 1. The van der Waals surface area contributed by atoms with Gasteiger partial charge in [0.25, 0.3) is 5.91 Å². The quantitative estimate of drug-likeness (QED) is 0.720. The summed E-state index contributed by atoms with van der Waals surface area (Å²) >= 11 is 7.59. The van der Waals surface area contributed by atoms with Crippen molar-refractivity contribution in [3.63, 3.8) is 0 Å². The molecule has 0 fully saturated rings. The second-order valence-electron chi connectivity index (χ2n) is 5.43. The van der Waals surface area contributed by atoms with E-state index >= 15 is 0 Å². The van der Waals surface area contributed by atoms with Gasteiger partial charge < -0.3 is 10.6 Å². The Kier molecular flexibility index (Phi) is 7.82. The van der Waals surface area contributed by atoms with Gasteiger partial charge in [-0.05, 0) is 30.2 Å². The van der Waals surface area contributed by atoms with E-state index in [0.717, 1.165) is 12.0 Å². The Morgan fingerprint density at radius 1 is 1.08 bits per heavy atom. The molecule has 0 atom stereocenters. The third kappa shape index (κ3) is 6.11. The van der Waals surface area contributed by atoms with Gasteiger partial charge in [0.05, 0.1) is 17.0 Å². The predicted octanol–water partition coefficient (Wildman–Crippen LogP) is 4.35. The maximum atomic E-state index is 12.2. The first-order valence-electron chi connectivity index (χ1n) is 8.10. The van der Waals surface area contributed by atoms with E-state index in [-0.39, 0.29) is 17.6 Å². The molecule has 2 aromatic rings. The molecule has 132 valence electrons. The molecule has 6 heteroatoms. The number of carbonyl (C=O) groups excluding carboxylic acids is 2. The predicted molar refractivity (Wildman–Crippen MR) is 105 cm³/mol. The minimum absolute atomic E-state index is 0.146. The van der Waals surface area contributed by atoms with Crippen LogP contribution < -0.4 is 10.6 Å². The molecule has 0 aliphatic heterocycles. The highest BCUT2D eigenvalue weighted by atomic mass is 35.5. The van der Waals surface area contributed by atoms with Crippen LogP contribution in [0.2, 0.25) is 5.02 Å². The fraction of sp³-hybridized carbons (Fsp3) is 0.263. The Labute approximate surface area is 157 Å².